The van der Waals surface area contributed by atoms with E-state index in [1.54, 1.807) is 18.2 Å². The van der Waals surface area contributed by atoms with Crippen LogP contribution in [0.5, 0.6) is 5.75 Å². The van der Waals surface area contributed by atoms with Gasteiger partial charge in [0.05, 0.1) is 12.7 Å². The fourth-order valence-electron chi connectivity index (χ4n) is 1.57. The minimum absolute atomic E-state index is 0.0667. The zero-order chi connectivity index (χ0) is 12.8. The van der Waals surface area contributed by atoms with E-state index in [4.69, 9.17) is 27.2 Å². The molecule has 0 fully saturated rings. The second-order valence-corrected chi connectivity index (χ2v) is 4.17. The van der Waals surface area contributed by atoms with E-state index in [1.807, 2.05) is 6.92 Å². The molecule has 1 aromatic carbocycles. The van der Waals surface area contributed by atoms with E-state index in [-0.39, 0.29) is 6.61 Å². The Kier molecular flexibility index (Phi) is 5.71. The van der Waals surface area contributed by atoms with E-state index >= 15 is 0 Å². The van der Waals surface area contributed by atoms with Gasteiger partial charge in [-0.1, -0.05) is 11.6 Å². The van der Waals surface area contributed by atoms with E-state index in [0.717, 1.165) is 0 Å². The van der Waals surface area contributed by atoms with Crippen LogP contribution in [0.3, 0.4) is 0 Å². The summed E-state index contributed by atoms with van der Waals surface area (Å²) in [5, 5.41) is 19.4. The Bertz CT molecular complexity index is 360. The fourth-order valence-corrected chi connectivity index (χ4v) is 1.76. The Balaban J connectivity index is 2.96. The molecule has 0 amide bonds. The number of aliphatic hydroxyl groups is 2. The Hall–Kier alpha value is -0.810. The zero-order valence-corrected chi connectivity index (χ0v) is 10.5. The number of hydrogen-bond acceptors (Lipinski definition) is 4. The van der Waals surface area contributed by atoms with Crippen molar-refractivity contribution in [1.82, 2.24) is 0 Å². The Morgan fingerprint density at radius 2 is 2.18 bits per heavy atom. The lowest BCUT2D eigenvalue weighted by Gasteiger charge is -2.21. The van der Waals surface area contributed by atoms with Crippen molar-refractivity contribution in [2.24, 2.45) is 5.73 Å². The summed E-state index contributed by atoms with van der Waals surface area (Å²) in [5.41, 5.74) is 6.32. The molecule has 0 aliphatic rings. The summed E-state index contributed by atoms with van der Waals surface area (Å²) in [6, 6.07) is 4.49. The zero-order valence-electron chi connectivity index (χ0n) is 9.77. The van der Waals surface area contributed by atoms with Crippen LogP contribution in [-0.4, -0.2) is 29.5 Å². The quantitative estimate of drug-likeness (QED) is 0.723. The predicted octanol–water partition coefficient (Wildman–Crippen LogP) is 1.48. The van der Waals surface area contributed by atoms with Crippen molar-refractivity contribution in [3.05, 3.63) is 28.8 Å². The molecule has 0 bridgehead atoms. The van der Waals surface area contributed by atoms with Crippen LogP contribution in [0, 0.1) is 0 Å². The maximum Gasteiger partial charge on any atom is 0.125 e. The van der Waals surface area contributed by atoms with E-state index in [1.165, 1.54) is 0 Å². The molecule has 2 atom stereocenters. The van der Waals surface area contributed by atoms with Crippen molar-refractivity contribution in [3.63, 3.8) is 0 Å². The summed E-state index contributed by atoms with van der Waals surface area (Å²) < 4.78 is 5.40. The highest BCUT2D eigenvalue weighted by Crippen LogP contribution is 2.30. The van der Waals surface area contributed by atoms with Crippen molar-refractivity contribution >= 4 is 11.6 Å². The molecular weight excluding hydrogens is 242 g/mol. The van der Waals surface area contributed by atoms with Gasteiger partial charge in [-0.2, -0.15) is 0 Å². The lowest BCUT2D eigenvalue weighted by molar-refractivity contribution is 0.125. The van der Waals surface area contributed by atoms with Crippen LogP contribution < -0.4 is 10.5 Å². The SMILES string of the molecule is CCOc1ccc(Cl)cc1C(O)C(N)CCO. The molecule has 96 valence electrons. The third kappa shape index (κ3) is 3.85. The van der Waals surface area contributed by atoms with E-state index in [2.05, 4.69) is 0 Å². The monoisotopic (exact) mass is 259 g/mol. The van der Waals surface area contributed by atoms with Crippen LogP contribution in [0.4, 0.5) is 0 Å². The molecular formula is C12H18ClNO3. The largest absolute Gasteiger partial charge is 0.493 e. The minimum Gasteiger partial charge on any atom is -0.493 e. The summed E-state index contributed by atoms with van der Waals surface area (Å²) in [6.45, 7) is 2.29. The third-order valence-electron chi connectivity index (χ3n) is 2.46. The first kappa shape index (κ1) is 14.3. The summed E-state index contributed by atoms with van der Waals surface area (Å²) >= 11 is 5.89. The van der Waals surface area contributed by atoms with Crippen LogP contribution in [0.2, 0.25) is 5.02 Å². The van der Waals surface area contributed by atoms with Gasteiger partial charge in [0.2, 0.25) is 0 Å². The first-order valence-corrected chi connectivity index (χ1v) is 5.94. The molecule has 17 heavy (non-hydrogen) atoms. The first-order chi connectivity index (χ1) is 8.10. The molecule has 2 unspecified atom stereocenters. The van der Waals surface area contributed by atoms with Crippen LogP contribution >= 0.6 is 11.6 Å². The number of ether oxygens (including phenoxy) is 1. The number of aliphatic hydroxyl groups excluding tert-OH is 2. The number of benzene rings is 1. The van der Waals surface area contributed by atoms with Gasteiger partial charge in [0.25, 0.3) is 0 Å². The first-order valence-electron chi connectivity index (χ1n) is 5.56. The molecule has 0 spiro atoms. The van der Waals surface area contributed by atoms with E-state index < -0.39 is 12.1 Å². The van der Waals surface area contributed by atoms with Gasteiger partial charge in [0.15, 0.2) is 0 Å². The Morgan fingerprint density at radius 1 is 1.47 bits per heavy atom. The Morgan fingerprint density at radius 3 is 2.76 bits per heavy atom. The van der Waals surface area contributed by atoms with Crippen LogP contribution in [0.1, 0.15) is 25.0 Å². The molecule has 0 aromatic heterocycles. The summed E-state index contributed by atoms with van der Waals surface area (Å²) in [5.74, 6) is 0.567. The molecule has 1 aromatic rings. The highest BCUT2D eigenvalue weighted by molar-refractivity contribution is 6.30. The molecule has 0 saturated heterocycles. The molecule has 0 aliphatic carbocycles. The van der Waals surface area contributed by atoms with Crippen LogP contribution in [-0.2, 0) is 0 Å². The average molecular weight is 260 g/mol. The van der Waals surface area contributed by atoms with Gasteiger partial charge < -0.3 is 20.7 Å². The Labute approximate surface area is 106 Å². The number of rotatable bonds is 6. The highest BCUT2D eigenvalue weighted by atomic mass is 35.5. The van der Waals surface area contributed by atoms with Gasteiger partial charge in [-0.15, -0.1) is 0 Å². The minimum atomic E-state index is -0.901. The fraction of sp³-hybridized carbons (Fsp3) is 0.500. The molecule has 0 radical (unpaired) electrons. The molecule has 4 N–H and O–H groups in total. The molecule has 4 nitrogen and oxygen atoms in total. The van der Waals surface area contributed by atoms with Gasteiger partial charge in [-0.25, -0.2) is 0 Å². The smallest absolute Gasteiger partial charge is 0.125 e. The molecule has 1 rings (SSSR count). The predicted molar refractivity (Wildman–Crippen MR) is 67.3 cm³/mol. The third-order valence-corrected chi connectivity index (χ3v) is 2.69. The van der Waals surface area contributed by atoms with E-state index in [0.29, 0.717) is 29.4 Å². The van der Waals surface area contributed by atoms with Crippen molar-refractivity contribution in [3.8, 4) is 5.75 Å². The lowest BCUT2D eigenvalue weighted by atomic mass is 10.00. The second kappa shape index (κ2) is 6.81. The van der Waals surface area contributed by atoms with Gasteiger partial charge in [-0.3, -0.25) is 0 Å². The maximum atomic E-state index is 10.1. The average Bonchev–Trinajstić information content (AvgIpc) is 2.31. The van der Waals surface area contributed by atoms with Crippen LogP contribution in [0.25, 0.3) is 0 Å². The lowest BCUT2D eigenvalue weighted by Crippen LogP contribution is -2.29. The number of nitrogens with two attached hydrogens (primary N) is 1. The molecule has 0 saturated carbocycles. The second-order valence-electron chi connectivity index (χ2n) is 3.74. The van der Waals surface area contributed by atoms with Gasteiger partial charge in [0, 0.05) is 23.2 Å². The molecule has 0 heterocycles. The topological polar surface area (TPSA) is 75.7 Å². The van der Waals surface area contributed by atoms with Crippen molar-refractivity contribution in [2.75, 3.05) is 13.2 Å². The van der Waals surface area contributed by atoms with Gasteiger partial charge in [0.1, 0.15) is 5.75 Å². The van der Waals surface area contributed by atoms with Crippen LogP contribution in [0.15, 0.2) is 18.2 Å². The number of hydrogen-bond donors (Lipinski definition) is 3. The van der Waals surface area contributed by atoms with Gasteiger partial charge in [-0.05, 0) is 31.5 Å². The summed E-state index contributed by atoms with van der Waals surface area (Å²) in [7, 11) is 0. The number of halogens is 1. The summed E-state index contributed by atoms with van der Waals surface area (Å²) in [6.07, 6.45) is -0.582. The normalized spacial score (nSPS) is 14.4. The highest BCUT2D eigenvalue weighted by Gasteiger charge is 2.20. The molecule has 0 aliphatic heterocycles. The van der Waals surface area contributed by atoms with E-state index in [9.17, 15) is 5.11 Å². The standard InChI is InChI=1S/C12H18ClNO3/c1-2-17-11-4-3-8(13)7-9(11)12(16)10(14)5-6-15/h3-4,7,10,12,15-16H,2,5-6,14H2,1H3. The summed E-state index contributed by atoms with van der Waals surface area (Å²) in [4.78, 5) is 0. The maximum absolute atomic E-state index is 10.1. The van der Waals surface area contributed by atoms with Gasteiger partial charge >= 0.3 is 0 Å². The van der Waals surface area contributed by atoms with Crippen molar-refractivity contribution in [1.29, 1.82) is 0 Å². The van der Waals surface area contributed by atoms with Crippen molar-refractivity contribution < 1.29 is 14.9 Å². The molecule has 5 heteroatoms. The van der Waals surface area contributed by atoms with Crippen molar-refractivity contribution in [2.45, 2.75) is 25.5 Å².